The minimum absolute atomic E-state index is 0.0425. The zero-order valence-corrected chi connectivity index (χ0v) is 22.6. The highest BCUT2D eigenvalue weighted by Crippen LogP contribution is 2.60. The van der Waals surface area contributed by atoms with Crippen LogP contribution in [0.15, 0.2) is 45.3 Å². The summed E-state index contributed by atoms with van der Waals surface area (Å²) in [7, 11) is 0. The zero-order chi connectivity index (χ0) is 28.4. The first-order valence-electron chi connectivity index (χ1n) is 12.6. The second-order valence-electron chi connectivity index (χ2n) is 9.70. The highest BCUT2D eigenvalue weighted by Gasteiger charge is 2.61. The van der Waals surface area contributed by atoms with Gasteiger partial charge in [0.1, 0.15) is 11.7 Å². The third kappa shape index (κ3) is 5.78. The number of halogens is 4. The van der Waals surface area contributed by atoms with E-state index < -0.39 is 23.3 Å². The number of benzene rings is 2. The molecule has 2 aromatic carbocycles. The van der Waals surface area contributed by atoms with Gasteiger partial charge in [-0.15, -0.1) is 11.8 Å². The number of nitrogens with zero attached hydrogens (tertiary/aromatic N) is 2. The smallest absolute Gasteiger partial charge is 0.194 e. The van der Waals surface area contributed by atoms with Crippen molar-refractivity contribution in [3.8, 4) is 0 Å². The fraction of sp³-hybridized carbons (Fsp3) is 0.357. The van der Waals surface area contributed by atoms with E-state index in [-0.39, 0.29) is 46.5 Å². The largest absolute Gasteiger partial charge is 0.387 e. The minimum atomic E-state index is -1.56. The number of thioether (sulfide) groups is 1. The number of hydrogen-bond acceptors (Lipinski definition) is 5. The molecule has 11 heteroatoms. The predicted molar refractivity (Wildman–Crippen MR) is 151 cm³/mol. The molecule has 0 aliphatic heterocycles. The summed E-state index contributed by atoms with van der Waals surface area (Å²) in [5.41, 5.74) is 0.941. The topological polar surface area (TPSA) is 96.5 Å². The molecule has 4 N–H and O–H groups in total. The van der Waals surface area contributed by atoms with Gasteiger partial charge in [-0.25, -0.2) is 22.6 Å². The fourth-order valence-electron chi connectivity index (χ4n) is 5.55. The van der Waals surface area contributed by atoms with Gasteiger partial charge >= 0.3 is 0 Å². The average molecular weight is 559 g/mol. The van der Waals surface area contributed by atoms with Gasteiger partial charge in [0, 0.05) is 29.9 Å². The van der Waals surface area contributed by atoms with Gasteiger partial charge in [-0.1, -0.05) is 13.8 Å². The molecule has 0 heterocycles. The Labute approximate surface area is 229 Å². The third-order valence-corrected chi connectivity index (χ3v) is 8.28. The molecule has 2 saturated carbocycles. The molecule has 0 bridgehead atoms. The summed E-state index contributed by atoms with van der Waals surface area (Å²) in [6.45, 7) is 9.11. The Morgan fingerprint density at radius 2 is 1.85 bits per heavy atom. The van der Waals surface area contributed by atoms with Crippen LogP contribution in [0.1, 0.15) is 32.8 Å². The Bertz CT molecular complexity index is 1350. The monoisotopic (exact) mass is 558 g/mol. The molecule has 4 rings (SSSR count). The fourth-order valence-corrected chi connectivity index (χ4v) is 6.36. The normalized spacial score (nSPS) is 24.2. The van der Waals surface area contributed by atoms with E-state index in [1.807, 2.05) is 6.92 Å². The van der Waals surface area contributed by atoms with Crippen LogP contribution < -0.4 is 10.6 Å². The first kappa shape index (κ1) is 28.5. The Balaban J connectivity index is 1.58. The highest BCUT2D eigenvalue weighted by molar-refractivity contribution is 7.99. The number of allylic oxidation sites excluding steroid dienone is 1. The lowest BCUT2D eigenvalue weighted by molar-refractivity contribution is 0.446. The predicted octanol–water partition coefficient (Wildman–Crippen LogP) is 7.05. The lowest BCUT2D eigenvalue weighted by Gasteiger charge is -2.22. The van der Waals surface area contributed by atoms with E-state index in [1.54, 1.807) is 19.1 Å². The van der Waals surface area contributed by atoms with E-state index in [0.717, 1.165) is 18.3 Å². The van der Waals surface area contributed by atoms with E-state index in [1.165, 1.54) is 18.0 Å². The third-order valence-electron chi connectivity index (χ3n) is 7.32. The first-order chi connectivity index (χ1) is 18.6. The van der Waals surface area contributed by atoms with Crippen molar-refractivity contribution in [3.63, 3.8) is 0 Å². The van der Waals surface area contributed by atoms with E-state index in [4.69, 9.17) is 10.8 Å². The van der Waals surface area contributed by atoms with Crippen LogP contribution in [-0.4, -0.2) is 36.4 Å². The number of fused-ring (bicyclic) bond motifs is 1. The van der Waals surface area contributed by atoms with Crippen LogP contribution in [0.25, 0.3) is 5.57 Å². The molecule has 2 aromatic rings. The minimum Gasteiger partial charge on any atom is -0.387 e. The maximum absolute atomic E-state index is 15.4. The molecule has 0 spiro atoms. The Morgan fingerprint density at radius 1 is 1.15 bits per heavy atom. The first-order valence-corrected chi connectivity index (χ1v) is 13.5. The van der Waals surface area contributed by atoms with Crippen molar-refractivity contribution in [2.75, 3.05) is 11.1 Å². The molecule has 2 fully saturated rings. The van der Waals surface area contributed by atoms with E-state index >= 15 is 4.39 Å². The lowest BCUT2D eigenvalue weighted by Crippen LogP contribution is -2.31. The van der Waals surface area contributed by atoms with Crippen LogP contribution in [0, 0.1) is 57.8 Å². The number of amidine groups is 2. The maximum Gasteiger partial charge on any atom is 0.194 e. The summed E-state index contributed by atoms with van der Waals surface area (Å²) in [5.74, 6) is -2.73. The molecule has 0 amide bonds. The number of anilines is 1. The van der Waals surface area contributed by atoms with Gasteiger partial charge < -0.3 is 16.0 Å². The average Bonchev–Trinajstić information content (AvgIpc) is 3.39. The lowest BCUT2D eigenvalue weighted by atomic mass is 9.96. The van der Waals surface area contributed by atoms with Crippen molar-refractivity contribution in [1.82, 2.24) is 5.32 Å². The van der Waals surface area contributed by atoms with Gasteiger partial charge in [-0.2, -0.15) is 0 Å². The molecule has 5 unspecified atom stereocenters. The number of aliphatic imine (C=N–C) groups is 2. The SMILES string of the molecule is C=Nc1ccc(N/C(=N\C(C)=N)C2CC(N/C=C(\C=N)c3cc(F)c(F)c(F)c3)C3C(C)C23)c(F)c1SCC. The highest BCUT2D eigenvalue weighted by atomic mass is 32.2. The van der Waals surface area contributed by atoms with E-state index in [9.17, 15) is 13.2 Å². The molecule has 2 aliphatic rings. The van der Waals surface area contributed by atoms with Crippen LogP contribution >= 0.6 is 11.8 Å². The van der Waals surface area contributed by atoms with Crippen molar-refractivity contribution in [3.05, 3.63) is 59.3 Å². The van der Waals surface area contributed by atoms with Gasteiger partial charge in [0.05, 0.1) is 16.3 Å². The van der Waals surface area contributed by atoms with Gasteiger partial charge in [0.25, 0.3) is 0 Å². The van der Waals surface area contributed by atoms with Gasteiger partial charge in [0.2, 0.25) is 0 Å². The van der Waals surface area contributed by atoms with Crippen LogP contribution in [0.3, 0.4) is 0 Å². The maximum atomic E-state index is 15.4. The molecule has 2 aliphatic carbocycles. The summed E-state index contributed by atoms with van der Waals surface area (Å²) in [5, 5.41) is 22.1. The van der Waals surface area contributed by atoms with Crippen LogP contribution in [-0.2, 0) is 0 Å². The Morgan fingerprint density at radius 3 is 2.44 bits per heavy atom. The van der Waals surface area contributed by atoms with Crippen LogP contribution in [0.4, 0.5) is 28.9 Å². The van der Waals surface area contributed by atoms with E-state index in [0.29, 0.717) is 34.5 Å². The van der Waals surface area contributed by atoms with E-state index in [2.05, 4.69) is 34.3 Å². The molecule has 5 atom stereocenters. The summed E-state index contributed by atoms with van der Waals surface area (Å²) in [6, 6.07) is 4.93. The van der Waals surface area contributed by atoms with Crippen molar-refractivity contribution >= 4 is 53.3 Å². The second-order valence-corrected chi connectivity index (χ2v) is 11.0. The molecule has 0 aromatic heterocycles. The van der Waals surface area contributed by atoms with Gasteiger partial charge in [-0.3, -0.25) is 10.4 Å². The standard InChI is InChI=1S/C28H30F4N6S/c1-5-39-27-21(35-4)7-6-20(26(27)32)38-28(37-14(3)34)17-10-22(24-13(2)23(17)24)36-12-16(11-33)15-8-18(29)25(31)19(30)9-15/h6-9,11-13,17,22-24,33,36H,4-5,10H2,1-3H3,(H2,34,37,38)/b16-12+,33-11?. The molecule has 206 valence electrons. The number of rotatable bonds is 9. The second kappa shape index (κ2) is 11.7. The summed E-state index contributed by atoms with van der Waals surface area (Å²) >= 11 is 1.33. The van der Waals surface area contributed by atoms with Crippen molar-refractivity contribution in [2.24, 2.45) is 33.7 Å². The Kier molecular flexibility index (Phi) is 8.58. The molecule has 6 nitrogen and oxygen atoms in total. The molecular weight excluding hydrogens is 528 g/mol. The van der Waals surface area contributed by atoms with Crippen molar-refractivity contribution < 1.29 is 17.6 Å². The van der Waals surface area contributed by atoms with Crippen molar-refractivity contribution in [1.29, 1.82) is 10.8 Å². The van der Waals surface area contributed by atoms with Gasteiger partial charge in [0.15, 0.2) is 23.3 Å². The van der Waals surface area contributed by atoms with Crippen LogP contribution in [0.2, 0.25) is 0 Å². The number of nitrogens with one attached hydrogen (secondary N) is 4. The number of hydrogen-bond donors (Lipinski definition) is 4. The quantitative estimate of drug-likeness (QED) is 0.0873. The molecule has 0 saturated heterocycles. The van der Waals surface area contributed by atoms with Crippen molar-refractivity contribution in [2.45, 2.75) is 38.1 Å². The Hall–Kier alpha value is -3.47. The van der Waals surface area contributed by atoms with Gasteiger partial charge in [-0.05, 0) is 73.4 Å². The molecule has 39 heavy (non-hydrogen) atoms. The summed E-state index contributed by atoms with van der Waals surface area (Å²) < 4.78 is 56.3. The zero-order valence-electron chi connectivity index (χ0n) is 21.8. The van der Waals surface area contributed by atoms with Crippen LogP contribution in [0.5, 0.6) is 0 Å². The summed E-state index contributed by atoms with van der Waals surface area (Å²) in [4.78, 5) is 8.74. The molecule has 0 radical (unpaired) electrons. The summed E-state index contributed by atoms with van der Waals surface area (Å²) in [6.07, 6.45) is 3.06. The molecular formula is C28H30F4N6S.